The van der Waals surface area contributed by atoms with E-state index >= 15 is 0 Å². The van der Waals surface area contributed by atoms with Gasteiger partial charge >= 0.3 is 0 Å². The first-order valence-electron chi connectivity index (χ1n) is 7.24. The Hall–Kier alpha value is -2.73. The smallest absolute Gasteiger partial charge is 0.189 e. The van der Waals surface area contributed by atoms with Crippen LogP contribution in [0.3, 0.4) is 0 Å². The summed E-state index contributed by atoms with van der Waals surface area (Å²) in [6.45, 7) is 1.14. The number of nitrogens with two attached hydrogens (primary N) is 1. The maximum Gasteiger partial charge on any atom is 0.189 e. The van der Waals surface area contributed by atoms with E-state index in [9.17, 15) is 0 Å². The largest absolute Gasteiger partial charge is 0.370 e. The summed E-state index contributed by atoms with van der Waals surface area (Å²) in [6.07, 6.45) is 3.53. The highest BCUT2D eigenvalue weighted by atomic mass is 32.1. The molecule has 6 heteroatoms. The second-order valence-corrected chi connectivity index (χ2v) is 5.85. The van der Waals surface area contributed by atoms with Gasteiger partial charge in [0.25, 0.3) is 0 Å². The highest BCUT2D eigenvalue weighted by molar-refractivity contribution is 7.09. The van der Waals surface area contributed by atoms with Crippen LogP contribution in [0.1, 0.15) is 10.6 Å². The van der Waals surface area contributed by atoms with Crippen molar-refractivity contribution in [2.75, 3.05) is 0 Å². The van der Waals surface area contributed by atoms with Crippen LogP contribution in [0.15, 0.2) is 65.2 Å². The molecule has 23 heavy (non-hydrogen) atoms. The molecule has 5 nitrogen and oxygen atoms in total. The van der Waals surface area contributed by atoms with Crippen LogP contribution >= 0.6 is 11.3 Å². The molecule has 0 unspecified atom stereocenters. The molecule has 0 fully saturated rings. The van der Waals surface area contributed by atoms with E-state index in [1.165, 1.54) is 0 Å². The van der Waals surface area contributed by atoms with E-state index in [1.54, 1.807) is 23.7 Å². The van der Waals surface area contributed by atoms with E-state index in [4.69, 9.17) is 5.73 Å². The lowest BCUT2D eigenvalue weighted by molar-refractivity contribution is 0.875. The van der Waals surface area contributed by atoms with Crippen LogP contribution in [-0.2, 0) is 13.1 Å². The zero-order valence-electron chi connectivity index (χ0n) is 12.5. The molecule has 0 aliphatic rings. The maximum absolute atomic E-state index is 5.89. The number of hydrogen-bond acceptors (Lipinski definition) is 4. The third-order valence-corrected chi connectivity index (χ3v) is 4.07. The van der Waals surface area contributed by atoms with Crippen molar-refractivity contribution in [1.29, 1.82) is 0 Å². The van der Waals surface area contributed by atoms with Crippen molar-refractivity contribution < 1.29 is 0 Å². The minimum Gasteiger partial charge on any atom is -0.370 e. The van der Waals surface area contributed by atoms with Gasteiger partial charge in [-0.2, -0.15) is 0 Å². The van der Waals surface area contributed by atoms with Crippen LogP contribution in [0.4, 0.5) is 0 Å². The average Bonchev–Trinajstić information content (AvgIpc) is 3.09. The molecule has 3 N–H and O–H groups in total. The van der Waals surface area contributed by atoms with Crippen molar-refractivity contribution >= 4 is 17.3 Å². The summed E-state index contributed by atoms with van der Waals surface area (Å²) in [4.78, 5) is 12.9. The van der Waals surface area contributed by atoms with E-state index in [1.807, 2.05) is 47.8 Å². The van der Waals surface area contributed by atoms with Crippen LogP contribution in [0, 0.1) is 0 Å². The van der Waals surface area contributed by atoms with Crippen molar-refractivity contribution in [3.8, 4) is 11.3 Å². The fraction of sp³-hybridized carbons (Fsp3) is 0.118. The first-order chi connectivity index (χ1) is 11.3. The number of guanidine groups is 1. The number of benzene rings is 1. The van der Waals surface area contributed by atoms with Crippen LogP contribution in [0.2, 0.25) is 0 Å². The molecule has 0 spiro atoms. The molecule has 0 aliphatic carbocycles. The Morgan fingerprint density at radius 3 is 2.70 bits per heavy atom. The van der Waals surface area contributed by atoms with E-state index in [0.717, 1.165) is 21.8 Å². The molecule has 116 valence electrons. The van der Waals surface area contributed by atoms with Crippen LogP contribution in [-0.4, -0.2) is 15.9 Å². The maximum atomic E-state index is 5.89. The first-order valence-corrected chi connectivity index (χ1v) is 8.12. The average molecular weight is 323 g/mol. The zero-order valence-corrected chi connectivity index (χ0v) is 13.3. The number of hydrogen-bond donors (Lipinski definition) is 2. The monoisotopic (exact) mass is 323 g/mol. The second-order valence-electron chi connectivity index (χ2n) is 4.90. The van der Waals surface area contributed by atoms with Gasteiger partial charge in [0.05, 0.1) is 18.8 Å². The van der Waals surface area contributed by atoms with Gasteiger partial charge in [-0.15, -0.1) is 11.3 Å². The number of aromatic nitrogens is 2. The van der Waals surface area contributed by atoms with Crippen molar-refractivity contribution in [3.63, 3.8) is 0 Å². The van der Waals surface area contributed by atoms with Gasteiger partial charge in [-0.25, -0.2) is 9.98 Å². The van der Waals surface area contributed by atoms with Gasteiger partial charge in [-0.05, 0) is 17.7 Å². The Balaban J connectivity index is 1.55. The number of aliphatic imine (C=N–C) groups is 1. The van der Waals surface area contributed by atoms with Gasteiger partial charge < -0.3 is 11.1 Å². The highest BCUT2D eigenvalue weighted by Gasteiger charge is 2.04. The molecular weight excluding hydrogens is 306 g/mol. The predicted molar refractivity (Wildman–Crippen MR) is 94.0 cm³/mol. The minimum atomic E-state index is 0.425. The summed E-state index contributed by atoms with van der Waals surface area (Å²) in [5.74, 6) is 0.425. The summed E-state index contributed by atoms with van der Waals surface area (Å²) < 4.78 is 0. The fourth-order valence-corrected chi connectivity index (χ4v) is 2.77. The summed E-state index contributed by atoms with van der Waals surface area (Å²) in [5.41, 5.74) is 9.04. The lowest BCUT2D eigenvalue weighted by Gasteiger charge is -2.03. The van der Waals surface area contributed by atoms with Gasteiger partial charge in [0.15, 0.2) is 5.96 Å². The number of thiazole rings is 1. The van der Waals surface area contributed by atoms with Crippen molar-refractivity contribution in [1.82, 2.24) is 15.3 Å². The van der Waals surface area contributed by atoms with Gasteiger partial charge in [-0.3, -0.25) is 4.98 Å². The lowest BCUT2D eigenvalue weighted by Crippen LogP contribution is -2.31. The molecule has 3 aromatic rings. The van der Waals surface area contributed by atoms with Gasteiger partial charge in [0, 0.05) is 23.3 Å². The Bertz CT molecular complexity index is 768. The molecule has 2 heterocycles. The van der Waals surface area contributed by atoms with Gasteiger partial charge in [0.2, 0.25) is 0 Å². The topological polar surface area (TPSA) is 76.2 Å². The first kappa shape index (κ1) is 15.2. The standard InChI is InChI=1S/C17H17N5S/c18-17(20-10-13-4-2-1-3-5-13)21-11-16-22-15(12-23-16)14-6-8-19-9-7-14/h1-9,12H,10-11H2,(H3,18,20,21). The molecule has 0 saturated carbocycles. The highest BCUT2D eigenvalue weighted by Crippen LogP contribution is 2.20. The van der Waals surface area contributed by atoms with Crippen LogP contribution < -0.4 is 11.1 Å². The number of nitrogens with one attached hydrogen (secondary N) is 1. The normalized spacial score (nSPS) is 11.4. The molecule has 2 aromatic heterocycles. The van der Waals surface area contributed by atoms with E-state index in [0.29, 0.717) is 19.0 Å². The Kier molecular flexibility index (Phi) is 4.95. The third-order valence-electron chi connectivity index (χ3n) is 3.22. The summed E-state index contributed by atoms with van der Waals surface area (Å²) >= 11 is 1.60. The Morgan fingerprint density at radius 1 is 1.13 bits per heavy atom. The van der Waals surface area contributed by atoms with Crippen LogP contribution in [0.5, 0.6) is 0 Å². The van der Waals surface area contributed by atoms with E-state index in [2.05, 4.69) is 20.3 Å². The lowest BCUT2D eigenvalue weighted by atomic mass is 10.2. The van der Waals surface area contributed by atoms with Crippen molar-refractivity contribution in [3.05, 3.63) is 70.8 Å². The predicted octanol–water partition coefficient (Wildman–Crippen LogP) is 2.81. The summed E-state index contributed by atoms with van der Waals surface area (Å²) in [6, 6.07) is 13.9. The molecule has 0 radical (unpaired) electrons. The van der Waals surface area contributed by atoms with E-state index < -0.39 is 0 Å². The zero-order chi connectivity index (χ0) is 15.9. The van der Waals surface area contributed by atoms with Gasteiger partial charge in [-0.1, -0.05) is 30.3 Å². The summed E-state index contributed by atoms with van der Waals surface area (Å²) in [5, 5.41) is 6.10. The number of rotatable bonds is 5. The Morgan fingerprint density at radius 2 is 1.91 bits per heavy atom. The quantitative estimate of drug-likeness (QED) is 0.559. The van der Waals surface area contributed by atoms with Crippen molar-refractivity contribution in [2.45, 2.75) is 13.1 Å². The third kappa shape index (κ3) is 4.37. The SMILES string of the molecule is NC(=NCc1ccccc1)NCc1nc(-c2ccncc2)cs1. The Labute approximate surface area is 139 Å². The molecule has 0 saturated heterocycles. The van der Waals surface area contributed by atoms with E-state index in [-0.39, 0.29) is 0 Å². The molecule has 0 amide bonds. The fourth-order valence-electron chi connectivity index (χ4n) is 2.03. The summed E-state index contributed by atoms with van der Waals surface area (Å²) in [7, 11) is 0. The number of nitrogens with zero attached hydrogens (tertiary/aromatic N) is 3. The molecule has 0 atom stereocenters. The van der Waals surface area contributed by atoms with Crippen LogP contribution in [0.25, 0.3) is 11.3 Å². The van der Waals surface area contributed by atoms with Gasteiger partial charge in [0.1, 0.15) is 5.01 Å². The van der Waals surface area contributed by atoms with Crippen molar-refractivity contribution in [2.24, 2.45) is 10.7 Å². The molecule has 0 bridgehead atoms. The minimum absolute atomic E-state index is 0.425. The number of pyridine rings is 1. The molecule has 3 rings (SSSR count). The molecular formula is C17H17N5S. The molecule has 1 aromatic carbocycles. The molecule has 0 aliphatic heterocycles. The second kappa shape index (κ2) is 7.51.